The van der Waals surface area contributed by atoms with Crippen molar-refractivity contribution >= 4 is 23.5 Å². The third-order valence-electron chi connectivity index (χ3n) is 3.16. The molecule has 2 fully saturated rings. The lowest BCUT2D eigenvalue weighted by atomic mass is 9.95. The Bertz CT molecular complexity index is 465. The van der Waals surface area contributed by atoms with E-state index in [1.54, 1.807) is 24.3 Å². The van der Waals surface area contributed by atoms with E-state index >= 15 is 0 Å². The van der Waals surface area contributed by atoms with Crippen LogP contribution in [0.3, 0.4) is 0 Å². The van der Waals surface area contributed by atoms with Gasteiger partial charge in [0.1, 0.15) is 5.41 Å². The first kappa shape index (κ1) is 8.92. The lowest BCUT2D eigenvalue weighted by Crippen LogP contribution is -2.18. The summed E-state index contributed by atoms with van der Waals surface area (Å²) in [5.74, 6) is -1.08. The molecule has 0 bridgehead atoms. The minimum atomic E-state index is -0.693. The summed E-state index contributed by atoms with van der Waals surface area (Å²) in [4.78, 5) is 22.8. The molecule has 2 unspecified atom stereocenters. The fourth-order valence-corrected chi connectivity index (χ4v) is 2.34. The van der Waals surface area contributed by atoms with Gasteiger partial charge in [-0.1, -0.05) is 23.7 Å². The number of carbonyl (C=O) groups excluding carboxylic acids is 2. The van der Waals surface area contributed by atoms with Gasteiger partial charge in [-0.2, -0.15) is 0 Å². The zero-order valence-corrected chi connectivity index (χ0v) is 8.45. The zero-order valence-electron chi connectivity index (χ0n) is 7.70. The second-order valence-corrected chi connectivity index (χ2v) is 4.38. The van der Waals surface area contributed by atoms with Crippen molar-refractivity contribution in [1.29, 1.82) is 0 Å². The minimum absolute atomic E-state index is 0.272. The number of halogens is 1. The predicted molar refractivity (Wildman–Crippen MR) is 52.3 cm³/mol. The molecule has 1 aliphatic carbocycles. The third-order valence-corrected chi connectivity index (χ3v) is 3.41. The van der Waals surface area contributed by atoms with E-state index in [0.717, 1.165) is 5.56 Å². The maximum Gasteiger partial charge on any atom is 0.325 e. The largest absolute Gasteiger partial charge is 0.392 e. The van der Waals surface area contributed by atoms with Gasteiger partial charge in [0.2, 0.25) is 0 Å². The summed E-state index contributed by atoms with van der Waals surface area (Å²) in [5.41, 5.74) is 0.134. The number of carbonyl (C=O) groups is 2. The number of rotatable bonds is 1. The molecular weight excluding hydrogens is 216 g/mol. The van der Waals surface area contributed by atoms with Crippen LogP contribution in [0.5, 0.6) is 0 Å². The van der Waals surface area contributed by atoms with Crippen molar-refractivity contribution in [3.8, 4) is 0 Å². The summed E-state index contributed by atoms with van der Waals surface area (Å²) in [6.07, 6.45) is 0.576. The Morgan fingerprint density at radius 3 is 2.40 bits per heavy atom. The molecule has 1 aromatic carbocycles. The van der Waals surface area contributed by atoms with E-state index in [9.17, 15) is 9.59 Å². The van der Waals surface area contributed by atoms with Crippen LogP contribution in [-0.2, 0) is 19.7 Å². The maximum absolute atomic E-state index is 11.6. The summed E-state index contributed by atoms with van der Waals surface area (Å²) in [7, 11) is 0. The molecule has 1 saturated carbocycles. The fourth-order valence-electron chi connectivity index (χ4n) is 2.21. The summed E-state index contributed by atoms with van der Waals surface area (Å²) in [6, 6.07) is 7.00. The van der Waals surface area contributed by atoms with Crippen molar-refractivity contribution in [2.75, 3.05) is 0 Å². The Morgan fingerprint density at radius 2 is 1.93 bits per heavy atom. The monoisotopic (exact) mass is 222 g/mol. The minimum Gasteiger partial charge on any atom is -0.392 e. The predicted octanol–water partition coefficient (Wildman–Crippen LogP) is 1.68. The average Bonchev–Trinajstić information content (AvgIpc) is 2.90. The molecule has 2 aliphatic rings. The second-order valence-electron chi connectivity index (χ2n) is 3.94. The molecule has 0 N–H and O–H groups in total. The molecule has 1 aliphatic heterocycles. The van der Waals surface area contributed by atoms with Crippen LogP contribution < -0.4 is 0 Å². The molecule has 0 radical (unpaired) electrons. The van der Waals surface area contributed by atoms with Gasteiger partial charge in [0, 0.05) is 5.02 Å². The molecule has 3 nitrogen and oxygen atoms in total. The number of cyclic esters (lactones) is 2. The van der Waals surface area contributed by atoms with Gasteiger partial charge in [-0.15, -0.1) is 0 Å². The lowest BCUT2D eigenvalue weighted by molar-refractivity contribution is -0.155. The SMILES string of the molecule is O=C1OC(=O)C2(c3ccc(Cl)cc3)CC12. The van der Waals surface area contributed by atoms with Crippen LogP contribution >= 0.6 is 11.6 Å². The van der Waals surface area contributed by atoms with Gasteiger partial charge < -0.3 is 4.74 Å². The Balaban J connectivity index is 2.06. The number of hydrogen-bond acceptors (Lipinski definition) is 3. The molecule has 15 heavy (non-hydrogen) atoms. The Hall–Kier alpha value is -1.35. The highest BCUT2D eigenvalue weighted by molar-refractivity contribution is 6.30. The van der Waals surface area contributed by atoms with E-state index in [1.165, 1.54) is 0 Å². The number of fused-ring (bicyclic) bond motifs is 1. The fraction of sp³-hybridized carbons (Fsp3) is 0.273. The summed E-state index contributed by atoms with van der Waals surface area (Å²) in [6.45, 7) is 0. The van der Waals surface area contributed by atoms with E-state index in [-0.39, 0.29) is 5.92 Å². The van der Waals surface area contributed by atoms with Gasteiger partial charge >= 0.3 is 11.9 Å². The first-order valence-electron chi connectivity index (χ1n) is 4.67. The van der Waals surface area contributed by atoms with Crippen LogP contribution in [0.4, 0.5) is 0 Å². The van der Waals surface area contributed by atoms with Crippen molar-refractivity contribution in [3.63, 3.8) is 0 Å². The molecular formula is C11H7ClO3. The number of benzene rings is 1. The van der Waals surface area contributed by atoms with Crippen LogP contribution in [0, 0.1) is 5.92 Å². The summed E-state index contributed by atoms with van der Waals surface area (Å²) in [5, 5.41) is 0.616. The Labute approximate surface area is 91.0 Å². The van der Waals surface area contributed by atoms with Crippen LogP contribution in [-0.4, -0.2) is 11.9 Å². The van der Waals surface area contributed by atoms with E-state index in [1.807, 2.05) is 0 Å². The molecule has 4 heteroatoms. The zero-order chi connectivity index (χ0) is 10.6. The van der Waals surface area contributed by atoms with Crippen molar-refractivity contribution in [2.24, 2.45) is 5.92 Å². The lowest BCUT2D eigenvalue weighted by Gasteiger charge is -2.08. The molecule has 2 atom stereocenters. The number of hydrogen-bond donors (Lipinski definition) is 0. The van der Waals surface area contributed by atoms with E-state index in [4.69, 9.17) is 11.6 Å². The highest BCUT2D eigenvalue weighted by atomic mass is 35.5. The van der Waals surface area contributed by atoms with Crippen LogP contribution in [0.1, 0.15) is 12.0 Å². The normalized spacial score (nSPS) is 32.5. The van der Waals surface area contributed by atoms with E-state index in [2.05, 4.69) is 4.74 Å². The van der Waals surface area contributed by atoms with Crippen molar-refractivity contribution < 1.29 is 14.3 Å². The molecule has 1 saturated heterocycles. The van der Waals surface area contributed by atoms with Gasteiger partial charge in [-0.25, -0.2) is 0 Å². The van der Waals surface area contributed by atoms with Gasteiger partial charge in [-0.05, 0) is 24.1 Å². The summed E-state index contributed by atoms with van der Waals surface area (Å²) >= 11 is 5.76. The Kier molecular flexibility index (Phi) is 1.55. The molecule has 0 amide bonds. The molecule has 0 spiro atoms. The first-order chi connectivity index (χ1) is 7.14. The van der Waals surface area contributed by atoms with Crippen LogP contribution in [0.15, 0.2) is 24.3 Å². The molecule has 76 valence electrons. The van der Waals surface area contributed by atoms with Gasteiger partial charge in [-0.3, -0.25) is 9.59 Å². The van der Waals surface area contributed by atoms with Crippen molar-refractivity contribution in [3.05, 3.63) is 34.9 Å². The van der Waals surface area contributed by atoms with E-state index < -0.39 is 17.4 Å². The number of ether oxygens (including phenoxy) is 1. The maximum atomic E-state index is 11.6. The van der Waals surface area contributed by atoms with Gasteiger partial charge in [0.25, 0.3) is 0 Å². The molecule has 0 aromatic heterocycles. The molecule has 1 heterocycles. The first-order valence-corrected chi connectivity index (χ1v) is 5.04. The second kappa shape index (κ2) is 2.61. The van der Waals surface area contributed by atoms with Gasteiger partial charge in [0.05, 0.1) is 5.92 Å². The third kappa shape index (κ3) is 1.01. The molecule has 1 aromatic rings. The quantitative estimate of drug-likeness (QED) is 0.536. The molecule has 3 rings (SSSR count). The standard InChI is InChI=1S/C11H7ClO3/c12-7-3-1-6(2-4-7)11-5-8(11)9(13)15-10(11)14/h1-4,8H,5H2. The van der Waals surface area contributed by atoms with Crippen LogP contribution in [0.2, 0.25) is 5.02 Å². The van der Waals surface area contributed by atoms with Crippen LogP contribution in [0.25, 0.3) is 0 Å². The Morgan fingerprint density at radius 1 is 1.27 bits per heavy atom. The van der Waals surface area contributed by atoms with Gasteiger partial charge in [0.15, 0.2) is 0 Å². The topological polar surface area (TPSA) is 43.4 Å². The average molecular weight is 223 g/mol. The van der Waals surface area contributed by atoms with Crippen molar-refractivity contribution in [2.45, 2.75) is 11.8 Å². The highest BCUT2D eigenvalue weighted by Crippen LogP contribution is 2.59. The van der Waals surface area contributed by atoms with Crippen molar-refractivity contribution in [1.82, 2.24) is 0 Å². The van der Waals surface area contributed by atoms with E-state index in [0.29, 0.717) is 11.4 Å². The highest BCUT2D eigenvalue weighted by Gasteiger charge is 2.71. The number of esters is 2. The summed E-state index contributed by atoms with van der Waals surface area (Å²) < 4.78 is 4.60. The smallest absolute Gasteiger partial charge is 0.325 e.